The molecule has 230 valence electrons. The zero-order valence-electron chi connectivity index (χ0n) is 26.2. The number of methoxy groups -OCH3 is 3. The number of benzene rings is 2. The van der Waals surface area contributed by atoms with Crippen LogP contribution in [0.3, 0.4) is 0 Å². The Morgan fingerprint density at radius 3 is 1.36 bits per heavy atom. The van der Waals surface area contributed by atoms with Gasteiger partial charge in [0.1, 0.15) is 12.1 Å². The fourth-order valence-electron chi connectivity index (χ4n) is 4.60. The molecule has 0 aliphatic rings. The van der Waals surface area contributed by atoms with Gasteiger partial charge in [0.15, 0.2) is 33.9 Å². The number of rotatable bonds is 7. The van der Waals surface area contributed by atoms with Crippen LogP contribution in [0.4, 0.5) is 0 Å². The van der Waals surface area contributed by atoms with Crippen LogP contribution >= 0.6 is 0 Å². The Bertz CT molecular complexity index is 1930. The summed E-state index contributed by atoms with van der Waals surface area (Å²) >= 11 is 0. The fraction of sp³-hybridized carbons (Fsp3) is 0.200. The number of aromatic nitrogens is 2. The molecule has 4 aromatic rings. The van der Waals surface area contributed by atoms with E-state index in [1.807, 2.05) is 18.4 Å². The Kier molecular flexibility index (Phi) is 11.1. The first-order valence-corrected chi connectivity index (χ1v) is 13.7. The molecule has 0 aliphatic heterocycles. The topological polar surface area (TPSA) is 140 Å². The maximum Gasteiger partial charge on any atom is 0.182 e. The molecule has 0 saturated carbocycles. The first-order valence-electron chi connectivity index (χ1n) is 13.7. The Labute approximate surface area is 261 Å². The van der Waals surface area contributed by atoms with Crippen LogP contribution < -0.4 is 25.1 Å². The number of nitriles is 2. The van der Waals surface area contributed by atoms with Gasteiger partial charge in [-0.2, -0.15) is 10.5 Å². The molecule has 2 heterocycles. The maximum atomic E-state index is 11.5. The van der Waals surface area contributed by atoms with Crippen LogP contribution in [0.25, 0.3) is 23.5 Å². The summed E-state index contributed by atoms with van der Waals surface area (Å²) < 4.78 is 19.1. The van der Waals surface area contributed by atoms with Gasteiger partial charge < -0.3 is 28.5 Å². The van der Waals surface area contributed by atoms with Gasteiger partial charge in [-0.1, -0.05) is 0 Å². The number of hydrogen-bond acceptors (Lipinski definition) is 8. The van der Waals surface area contributed by atoms with E-state index < -0.39 is 0 Å². The number of allylic oxidation sites excluding steroid dienone is 2. The average Bonchev–Trinajstić information content (AvgIpc) is 3.00. The number of pyridine rings is 2. The summed E-state index contributed by atoms with van der Waals surface area (Å²) in [5.74, 6) is 1.47. The minimum Gasteiger partial charge on any atom is -0.504 e. The molecule has 0 aliphatic carbocycles. The van der Waals surface area contributed by atoms with Crippen LogP contribution in [0.15, 0.2) is 70.3 Å². The lowest BCUT2D eigenvalue weighted by Crippen LogP contribution is -2.09. The summed E-state index contributed by atoms with van der Waals surface area (Å²) in [6.07, 6.45) is 3.36. The van der Waals surface area contributed by atoms with Gasteiger partial charge in [-0.15, -0.1) is 0 Å². The van der Waals surface area contributed by atoms with E-state index in [1.165, 1.54) is 37.4 Å². The summed E-state index contributed by atoms with van der Waals surface area (Å²) in [6.45, 7) is 7.25. The Hall–Kier alpha value is -6.00. The summed E-state index contributed by atoms with van der Waals surface area (Å²) in [4.78, 5) is 23.0. The third-order valence-corrected chi connectivity index (χ3v) is 6.87. The largest absolute Gasteiger partial charge is 0.504 e. The third kappa shape index (κ3) is 8.09. The van der Waals surface area contributed by atoms with Crippen molar-refractivity contribution in [2.75, 3.05) is 21.3 Å². The molecule has 1 N–H and O–H groups in total. The first-order chi connectivity index (χ1) is 21.4. The van der Waals surface area contributed by atoms with Crippen molar-refractivity contribution in [3.63, 3.8) is 0 Å². The van der Waals surface area contributed by atoms with Crippen molar-refractivity contribution in [1.29, 1.82) is 10.5 Å². The van der Waals surface area contributed by atoms with Crippen molar-refractivity contribution in [2.24, 2.45) is 0 Å². The van der Waals surface area contributed by atoms with Gasteiger partial charge in [-0.25, -0.2) is 0 Å². The SMILES string of the molecule is COc1ccc(/C(C#N)=C/n2c(C)cc(=O)cc2C)cc1O.COc1ccc(/C(C#N)=C/n2c(C)cc(=O)cc2C)cc1OC. The molecular weight excluding hydrogens is 572 g/mol. The van der Waals surface area contributed by atoms with Crippen LogP contribution in [-0.4, -0.2) is 35.6 Å². The smallest absolute Gasteiger partial charge is 0.182 e. The van der Waals surface area contributed by atoms with Gasteiger partial charge in [0.25, 0.3) is 0 Å². The van der Waals surface area contributed by atoms with Crippen LogP contribution in [0, 0.1) is 50.4 Å². The summed E-state index contributed by atoms with van der Waals surface area (Å²) in [5.41, 5.74) is 4.99. The highest BCUT2D eigenvalue weighted by Crippen LogP contribution is 2.31. The summed E-state index contributed by atoms with van der Waals surface area (Å²) in [5, 5.41) is 28.7. The van der Waals surface area contributed by atoms with Crippen molar-refractivity contribution in [1.82, 2.24) is 9.13 Å². The maximum absolute atomic E-state index is 11.5. The fourth-order valence-corrected chi connectivity index (χ4v) is 4.60. The van der Waals surface area contributed by atoms with E-state index >= 15 is 0 Å². The van der Waals surface area contributed by atoms with Crippen LogP contribution in [0.5, 0.6) is 23.0 Å². The number of aromatic hydroxyl groups is 1. The van der Waals surface area contributed by atoms with Gasteiger partial charge >= 0.3 is 0 Å². The lowest BCUT2D eigenvalue weighted by molar-refractivity contribution is 0.355. The van der Waals surface area contributed by atoms with E-state index in [1.54, 1.807) is 75.4 Å². The molecule has 0 radical (unpaired) electrons. The minimum absolute atomic E-state index is 0.0329. The lowest BCUT2D eigenvalue weighted by atomic mass is 10.1. The molecule has 0 atom stereocenters. The highest BCUT2D eigenvalue weighted by atomic mass is 16.5. The Balaban J connectivity index is 0.000000246. The normalized spacial score (nSPS) is 11.0. The van der Waals surface area contributed by atoms with Crippen molar-refractivity contribution < 1.29 is 19.3 Å². The van der Waals surface area contributed by atoms with Crippen LogP contribution in [-0.2, 0) is 0 Å². The molecule has 2 aromatic carbocycles. The molecule has 2 aromatic heterocycles. The molecular formula is C35H34N4O6. The highest BCUT2D eigenvalue weighted by molar-refractivity contribution is 5.87. The first kappa shape index (κ1) is 33.5. The monoisotopic (exact) mass is 606 g/mol. The zero-order chi connectivity index (χ0) is 33.3. The van der Waals surface area contributed by atoms with E-state index in [0.29, 0.717) is 39.5 Å². The van der Waals surface area contributed by atoms with Crippen molar-refractivity contribution in [2.45, 2.75) is 27.7 Å². The summed E-state index contributed by atoms with van der Waals surface area (Å²) in [7, 11) is 4.57. The number of hydrogen-bond donors (Lipinski definition) is 1. The van der Waals surface area contributed by atoms with Gasteiger partial charge in [0.05, 0.1) is 32.5 Å². The molecule has 0 amide bonds. The van der Waals surface area contributed by atoms with E-state index in [2.05, 4.69) is 12.1 Å². The molecule has 0 unspecified atom stereocenters. The minimum atomic E-state index is -0.0692. The van der Waals surface area contributed by atoms with Crippen molar-refractivity contribution in [3.8, 4) is 35.1 Å². The van der Waals surface area contributed by atoms with Crippen molar-refractivity contribution >= 4 is 23.5 Å². The number of aryl methyl sites for hydroxylation is 4. The molecule has 10 heteroatoms. The van der Waals surface area contributed by atoms with E-state index in [9.17, 15) is 25.2 Å². The van der Waals surface area contributed by atoms with Gasteiger partial charge in [-0.3, -0.25) is 9.59 Å². The second-order valence-corrected chi connectivity index (χ2v) is 9.95. The predicted octanol–water partition coefficient (Wildman–Crippen LogP) is 5.71. The Morgan fingerprint density at radius 2 is 1.00 bits per heavy atom. The van der Waals surface area contributed by atoms with Crippen molar-refractivity contribution in [3.05, 3.63) is 115 Å². The average molecular weight is 607 g/mol. The van der Waals surface area contributed by atoms with Gasteiger partial charge in [0.2, 0.25) is 0 Å². The number of nitrogens with zero attached hydrogens (tertiary/aromatic N) is 4. The van der Waals surface area contributed by atoms with Crippen LogP contribution in [0.1, 0.15) is 33.9 Å². The van der Waals surface area contributed by atoms with E-state index in [0.717, 1.165) is 22.8 Å². The number of phenols is 1. The standard InChI is InChI=1S/C18H18N2O3.C17H16N2O3/c1-12-7-16(21)8-13(2)20(12)11-15(10-19)14-5-6-17(22-3)18(9-14)23-4;1-11-6-15(20)7-12(2)19(11)10-14(9-18)13-4-5-17(22-3)16(21)8-13/h5-9,11H,1-4H3;4-8,10,21H,1-3H3/b15-11+;14-10+. The number of phenolic OH excluding ortho intramolecular Hbond substituents is 1. The molecule has 0 saturated heterocycles. The summed E-state index contributed by atoms with van der Waals surface area (Å²) in [6, 6.07) is 20.4. The highest BCUT2D eigenvalue weighted by Gasteiger charge is 2.10. The molecule has 10 nitrogen and oxygen atoms in total. The zero-order valence-corrected chi connectivity index (χ0v) is 26.2. The second-order valence-electron chi connectivity index (χ2n) is 9.95. The quantitative estimate of drug-likeness (QED) is 0.264. The lowest BCUT2D eigenvalue weighted by Gasteiger charge is -2.12. The predicted molar refractivity (Wildman–Crippen MR) is 174 cm³/mol. The van der Waals surface area contributed by atoms with Gasteiger partial charge in [0, 0.05) is 59.4 Å². The number of ether oxygens (including phenoxy) is 3. The van der Waals surface area contributed by atoms with Gasteiger partial charge in [-0.05, 0) is 75.2 Å². The van der Waals surface area contributed by atoms with E-state index in [4.69, 9.17) is 14.2 Å². The van der Waals surface area contributed by atoms with E-state index in [-0.39, 0.29) is 16.6 Å². The molecule has 0 spiro atoms. The van der Waals surface area contributed by atoms with Crippen LogP contribution in [0.2, 0.25) is 0 Å². The molecule has 0 fully saturated rings. The molecule has 4 rings (SSSR count). The second kappa shape index (κ2) is 14.9. The molecule has 45 heavy (non-hydrogen) atoms. The third-order valence-electron chi connectivity index (χ3n) is 6.87. The Morgan fingerprint density at radius 1 is 0.622 bits per heavy atom. The molecule has 0 bridgehead atoms.